The lowest BCUT2D eigenvalue weighted by atomic mass is 9.84. The number of carbonyl (C=O) groups excluding carboxylic acids is 2. The first-order valence-corrected chi connectivity index (χ1v) is 5.22. The second-order valence-corrected chi connectivity index (χ2v) is 3.74. The first-order valence-electron chi connectivity index (χ1n) is 5.22. The lowest BCUT2D eigenvalue weighted by molar-refractivity contribution is -0.154. The Morgan fingerprint density at radius 3 is 2.56 bits per heavy atom. The molecule has 0 amide bonds. The zero-order valence-corrected chi connectivity index (χ0v) is 9.90. The summed E-state index contributed by atoms with van der Waals surface area (Å²) in [6.45, 7) is 5.15. The largest absolute Gasteiger partial charge is 0.462 e. The fourth-order valence-electron chi connectivity index (χ4n) is 1.28. The summed E-state index contributed by atoms with van der Waals surface area (Å²) < 4.78 is 5.03. The van der Waals surface area contributed by atoms with Gasteiger partial charge in [-0.2, -0.15) is 5.26 Å². The number of hydrogen-bond acceptors (Lipinski definition) is 4. The van der Waals surface area contributed by atoms with Crippen LogP contribution in [-0.4, -0.2) is 18.4 Å². The van der Waals surface area contributed by atoms with Gasteiger partial charge < -0.3 is 9.53 Å². The van der Waals surface area contributed by atoms with Crippen LogP contribution in [0.3, 0.4) is 0 Å². The van der Waals surface area contributed by atoms with Crippen molar-refractivity contribution in [1.82, 2.24) is 0 Å². The number of nitrogens with zero attached hydrogens (tertiary/aromatic N) is 1. The molecular weight excluding hydrogens is 206 g/mol. The topological polar surface area (TPSA) is 67.2 Å². The minimum absolute atomic E-state index is 0.156. The van der Waals surface area contributed by atoms with Gasteiger partial charge in [-0.15, -0.1) is 0 Å². The van der Waals surface area contributed by atoms with Gasteiger partial charge in [-0.1, -0.05) is 12.2 Å². The van der Waals surface area contributed by atoms with Crippen molar-refractivity contribution in [2.75, 3.05) is 0 Å². The van der Waals surface area contributed by atoms with Gasteiger partial charge in [0.05, 0.1) is 12.2 Å². The van der Waals surface area contributed by atoms with E-state index < -0.39 is 11.4 Å². The van der Waals surface area contributed by atoms with E-state index in [2.05, 4.69) is 0 Å². The molecule has 0 bridgehead atoms. The Balaban J connectivity index is 4.96. The number of nitriles is 1. The molecule has 16 heavy (non-hydrogen) atoms. The van der Waals surface area contributed by atoms with Crippen LogP contribution in [0, 0.1) is 16.7 Å². The van der Waals surface area contributed by atoms with Gasteiger partial charge in [0.15, 0.2) is 5.41 Å². The number of carbonyl (C=O) groups is 2. The zero-order chi connectivity index (χ0) is 12.6. The number of ether oxygens (including phenoxy) is 1. The van der Waals surface area contributed by atoms with Crippen LogP contribution < -0.4 is 0 Å². The molecule has 0 N–H and O–H groups in total. The maximum absolute atomic E-state index is 11.8. The van der Waals surface area contributed by atoms with Gasteiger partial charge in [-0.25, -0.2) is 4.79 Å². The molecule has 0 radical (unpaired) electrons. The Morgan fingerprint density at radius 2 is 2.19 bits per heavy atom. The van der Waals surface area contributed by atoms with Gasteiger partial charge in [-0.05, 0) is 27.2 Å². The molecule has 1 unspecified atom stereocenters. The molecule has 0 aromatic rings. The second kappa shape index (κ2) is 6.78. The summed E-state index contributed by atoms with van der Waals surface area (Å²) in [5, 5.41) is 9.10. The van der Waals surface area contributed by atoms with Gasteiger partial charge in [-0.3, -0.25) is 0 Å². The van der Waals surface area contributed by atoms with Crippen molar-refractivity contribution in [3.05, 3.63) is 12.2 Å². The van der Waals surface area contributed by atoms with Crippen LogP contribution in [0.5, 0.6) is 0 Å². The maximum Gasteiger partial charge on any atom is 0.330 e. The molecule has 0 heterocycles. The standard InChI is InChI=1S/C12H17NO3/c1-4-6-12(9-13,7-5-8-14)11(15)16-10(2)3/h4,6,8,10H,5,7H2,1-3H3/b6-4+. The number of allylic oxidation sites excluding steroid dienone is 1. The molecule has 0 spiro atoms. The maximum atomic E-state index is 11.8. The van der Waals surface area contributed by atoms with E-state index >= 15 is 0 Å². The predicted octanol–water partition coefficient (Wildman–Crippen LogP) is 2.00. The predicted molar refractivity (Wildman–Crippen MR) is 59.4 cm³/mol. The minimum Gasteiger partial charge on any atom is -0.462 e. The summed E-state index contributed by atoms with van der Waals surface area (Å²) >= 11 is 0. The summed E-state index contributed by atoms with van der Waals surface area (Å²) in [6.07, 6.45) is 3.84. The van der Waals surface area contributed by atoms with E-state index in [4.69, 9.17) is 10.00 Å². The lowest BCUT2D eigenvalue weighted by Crippen LogP contribution is -2.31. The Hall–Kier alpha value is -1.63. The van der Waals surface area contributed by atoms with Crippen molar-refractivity contribution in [2.45, 2.75) is 39.7 Å². The first-order chi connectivity index (χ1) is 7.52. The highest BCUT2D eigenvalue weighted by molar-refractivity contribution is 5.83. The van der Waals surface area contributed by atoms with Gasteiger partial charge in [0.1, 0.15) is 6.29 Å². The summed E-state index contributed by atoms with van der Waals surface area (Å²) in [6, 6.07) is 1.94. The van der Waals surface area contributed by atoms with E-state index in [1.165, 1.54) is 6.08 Å². The van der Waals surface area contributed by atoms with Crippen molar-refractivity contribution in [3.63, 3.8) is 0 Å². The molecule has 4 nitrogen and oxygen atoms in total. The van der Waals surface area contributed by atoms with Crippen molar-refractivity contribution >= 4 is 12.3 Å². The number of hydrogen-bond donors (Lipinski definition) is 0. The molecule has 0 aliphatic heterocycles. The smallest absolute Gasteiger partial charge is 0.330 e. The van der Waals surface area contributed by atoms with Crippen LogP contribution in [0.4, 0.5) is 0 Å². The van der Waals surface area contributed by atoms with E-state index in [1.54, 1.807) is 26.8 Å². The van der Waals surface area contributed by atoms with Crippen molar-refractivity contribution in [1.29, 1.82) is 5.26 Å². The van der Waals surface area contributed by atoms with Crippen molar-refractivity contribution in [2.24, 2.45) is 5.41 Å². The zero-order valence-electron chi connectivity index (χ0n) is 9.90. The molecule has 0 saturated heterocycles. The lowest BCUT2D eigenvalue weighted by Gasteiger charge is -2.21. The highest BCUT2D eigenvalue weighted by atomic mass is 16.5. The quantitative estimate of drug-likeness (QED) is 0.392. The fraction of sp³-hybridized carbons (Fsp3) is 0.583. The fourth-order valence-corrected chi connectivity index (χ4v) is 1.28. The van der Waals surface area contributed by atoms with E-state index in [0.29, 0.717) is 6.29 Å². The molecule has 4 heteroatoms. The van der Waals surface area contributed by atoms with Crippen LogP contribution >= 0.6 is 0 Å². The monoisotopic (exact) mass is 223 g/mol. The van der Waals surface area contributed by atoms with E-state index in [0.717, 1.165) is 0 Å². The summed E-state index contributed by atoms with van der Waals surface area (Å²) in [7, 11) is 0. The second-order valence-electron chi connectivity index (χ2n) is 3.74. The van der Waals surface area contributed by atoms with E-state index in [-0.39, 0.29) is 18.9 Å². The molecule has 88 valence electrons. The van der Waals surface area contributed by atoms with Gasteiger partial charge in [0.25, 0.3) is 0 Å². The number of rotatable bonds is 6. The molecule has 0 aromatic heterocycles. The van der Waals surface area contributed by atoms with Crippen LogP contribution in [0.2, 0.25) is 0 Å². The average Bonchev–Trinajstić information content (AvgIpc) is 2.23. The third kappa shape index (κ3) is 3.85. The van der Waals surface area contributed by atoms with Crippen LogP contribution in [-0.2, 0) is 14.3 Å². The van der Waals surface area contributed by atoms with Crippen molar-refractivity contribution in [3.8, 4) is 6.07 Å². The van der Waals surface area contributed by atoms with E-state index in [9.17, 15) is 9.59 Å². The Bertz CT molecular complexity index is 315. The highest BCUT2D eigenvalue weighted by Gasteiger charge is 2.37. The Labute approximate surface area is 95.9 Å². The average molecular weight is 223 g/mol. The molecular formula is C12H17NO3. The Kier molecular flexibility index (Phi) is 6.09. The number of esters is 1. The molecule has 0 aliphatic carbocycles. The minimum atomic E-state index is -1.33. The Morgan fingerprint density at radius 1 is 1.56 bits per heavy atom. The van der Waals surface area contributed by atoms with Gasteiger partial charge >= 0.3 is 5.97 Å². The van der Waals surface area contributed by atoms with Crippen LogP contribution in [0.25, 0.3) is 0 Å². The third-order valence-corrected chi connectivity index (χ3v) is 2.01. The first kappa shape index (κ1) is 14.4. The highest BCUT2D eigenvalue weighted by Crippen LogP contribution is 2.27. The van der Waals surface area contributed by atoms with Gasteiger partial charge in [0.2, 0.25) is 0 Å². The molecule has 1 atom stereocenters. The molecule has 0 rings (SSSR count). The molecule has 0 aliphatic rings. The normalized spacial score (nSPS) is 14.4. The molecule has 0 saturated carbocycles. The van der Waals surface area contributed by atoms with Gasteiger partial charge in [0, 0.05) is 6.42 Å². The van der Waals surface area contributed by atoms with E-state index in [1.807, 2.05) is 6.07 Å². The van der Waals surface area contributed by atoms with Crippen LogP contribution in [0.15, 0.2) is 12.2 Å². The number of aldehydes is 1. The molecule has 0 fully saturated rings. The summed E-state index contributed by atoms with van der Waals surface area (Å²) in [4.78, 5) is 22.1. The SMILES string of the molecule is C/C=C/C(C#N)(CCC=O)C(=O)OC(C)C. The summed E-state index contributed by atoms with van der Waals surface area (Å²) in [5.41, 5.74) is -1.33. The van der Waals surface area contributed by atoms with Crippen molar-refractivity contribution < 1.29 is 14.3 Å². The van der Waals surface area contributed by atoms with Crippen LogP contribution in [0.1, 0.15) is 33.6 Å². The summed E-state index contributed by atoms with van der Waals surface area (Å²) in [5.74, 6) is -0.593. The molecule has 0 aromatic carbocycles. The third-order valence-electron chi connectivity index (χ3n) is 2.01.